The van der Waals surface area contributed by atoms with E-state index in [1.807, 2.05) is 19.1 Å². The lowest BCUT2D eigenvalue weighted by Crippen LogP contribution is -1.87. The summed E-state index contributed by atoms with van der Waals surface area (Å²) in [5.74, 6) is 0.442. The summed E-state index contributed by atoms with van der Waals surface area (Å²) in [5, 5.41) is 1.06. The van der Waals surface area contributed by atoms with E-state index in [1.54, 1.807) is 6.07 Å². The maximum atomic E-state index is 6.92. The van der Waals surface area contributed by atoms with Crippen LogP contribution in [0.2, 0.25) is 0 Å². The molecular weight excluding hydrogens is 252 g/mol. The number of nitrogens with zero attached hydrogens (tertiary/aromatic N) is 2. The molecule has 2 nitrogen and oxygen atoms in total. The highest BCUT2D eigenvalue weighted by Gasteiger charge is 2.09. The van der Waals surface area contributed by atoms with Crippen molar-refractivity contribution in [1.82, 2.24) is 4.98 Å². The third-order valence-corrected chi connectivity index (χ3v) is 3.56. The van der Waals surface area contributed by atoms with Gasteiger partial charge in [-0.25, -0.2) is 0 Å². The van der Waals surface area contributed by atoms with E-state index in [0.29, 0.717) is 5.82 Å². The zero-order chi connectivity index (χ0) is 11.0. The Hall–Kier alpha value is -1.40. The molecule has 2 aromatic rings. The van der Waals surface area contributed by atoms with Crippen LogP contribution in [0.1, 0.15) is 11.1 Å². The summed E-state index contributed by atoms with van der Waals surface area (Å²) in [6.07, 6.45) is 0. The molecule has 0 spiro atoms. The first kappa shape index (κ1) is 10.1. The van der Waals surface area contributed by atoms with Crippen molar-refractivity contribution in [2.75, 3.05) is 0 Å². The number of fused-ring (bicyclic) bond motifs is 1. The number of rotatable bonds is 0. The summed E-state index contributed by atoms with van der Waals surface area (Å²) in [6.45, 7) is 11.0. The van der Waals surface area contributed by atoms with Crippen LogP contribution in [0, 0.1) is 20.4 Å². The molecule has 0 N–H and O–H groups in total. The van der Waals surface area contributed by atoms with E-state index in [2.05, 4.69) is 32.7 Å². The Bertz CT molecular complexity index is 582. The fourth-order valence-corrected chi connectivity index (χ4v) is 2.16. The summed E-state index contributed by atoms with van der Waals surface area (Å²) in [4.78, 5) is 7.60. The van der Waals surface area contributed by atoms with Crippen LogP contribution in [0.3, 0.4) is 0 Å². The van der Waals surface area contributed by atoms with E-state index in [9.17, 15) is 0 Å². The maximum Gasteiger partial charge on any atom is 0.270 e. The summed E-state index contributed by atoms with van der Waals surface area (Å²) in [5.41, 5.74) is 3.28. The number of benzene rings is 1. The lowest BCUT2D eigenvalue weighted by Gasteiger charge is -2.05. The van der Waals surface area contributed by atoms with Crippen LogP contribution in [0.25, 0.3) is 15.7 Å². The molecule has 0 amide bonds. The molecule has 2 rings (SSSR count). The summed E-state index contributed by atoms with van der Waals surface area (Å²) >= 11 is 3.56. The van der Waals surface area contributed by atoms with Crippen molar-refractivity contribution >= 4 is 32.7 Å². The SMILES string of the molecule is [C-]#[N+]c1ccc2c(Br)c(C)c(C)cc2n1. The van der Waals surface area contributed by atoms with Gasteiger partial charge in [-0.3, -0.25) is 0 Å². The molecule has 0 atom stereocenters. The molecule has 1 aromatic carbocycles. The second-order valence-electron chi connectivity index (χ2n) is 3.48. The Morgan fingerprint density at radius 1 is 1.33 bits per heavy atom. The first-order valence-corrected chi connectivity index (χ1v) is 5.36. The molecule has 1 aromatic heterocycles. The van der Waals surface area contributed by atoms with Crippen LogP contribution in [0.15, 0.2) is 22.7 Å². The van der Waals surface area contributed by atoms with Gasteiger partial charge < -0.3 is 4.85 Å². The predicted molar refractivity (Wildman–Crippen MR) is 65.2 cm³/mol. The van der Waals surface area contributed by atoms with Crippen molar-refractivity contribution in [2.24, 2.45) is 0 Å². The average Bonchev–Trinajstić information content (AvgIpc) is 2.25. The van der Waals surface area contributed by atoms with Crippen molar-refractivity contribution in [1.29, 1.82) is 0 Å². The van der Waals surface area contributed by atoms with Crippen LogP contribution < -0.4 is 0 Å². The van der Waals surface area contributed by atoms with Gasteiger partial charge in [-0.1, -0.05) is 12.6 Å². The van der Waals surface area contributed by atoms with E-state index < -0.39 is 0 Å². The zero-order valence-electron chi connectivity index (χ0n) is 8.50. The van der Waals surface area contributed by atoms with Gasteiger partial charge in [0.2, 0.25) is 0 Å². The lowest BCUT2D eigenvalue weighted by molar-refractivity contribution is 1.32. The minimum absolute atomic E-state index is 0.442. The van der Waals surface area contributed by atoms with Gasteiger partial charge in [0.1, 0.15) is 0 Å². The zero-order valence-corrected chi connectivity index (χ0v) is 10.1. The highest BCUT2D eigenvalue weighted by Crippen LogP contribution is 2.30. The number of aromatic nitrogens is 1. The second-order valence-corrected chi connectivity index (χ2v) is 4.27. The van der Waals surface area contributed by atoms with Crippen LogP contribution in [-0.2, 0) is 0 Å². The normalized spacial score (nSPS) is 10.3. The molecule has 1 heterocycles. The van der Waals surface area contributed by atoms with Crippen molar-refractivity contribution in [3.8, 4) is 0 Å². The van der Waals surface area contributed by atoms with E-state index in [-0.39, 0.29) is 0 Å². The predicted octanol–water partition coefficient (Wildman–Crippen LogP) is 4.16. The smallest absolute Gasteiger partial charge is 0.270 e. The van der Waals surface area contributed by atoms with Crippen LogP contribution in [0.4, 0.5) is 5.82 Å². The van der Waals surface area contributed by atoms with Gasteiger partial charge >= 0.3 is 0 Å². The van der Waals surface area contributed by atoms with Crippen LogP contribution in [0.5, 0.6) is 0 Å². The first-order chi connectivity index (χ1) is 7.13. The lowest BCUT2D eigenvalue weighted by atomic mass is 10.1. The highest BCUT2D eigenvalue weighted by atomic mass is 79.9. The Kier molecular flexibility index (Phi) is 2.45. The summed E-state index contributed by atoms with van der Waals surface area (Å²) < 4.78 is 1.07. The number of hydrogen-bond acceptors (Lipinski definition) is 1. The minimum atomic E-state index is 0.442. The van der Waals surface area contributed by atoms with Crippen molar-refractivity contribution in [3.05, 3.63) is 45.2 Å². The third-order valence-electron chi connectivity index (χ3n) is 2.54. The van der Waals surface area contributed by atoms with Crippen molar-refractivity contribution < 1.29 is 0 Å². The molecule has 0 unspecified atom stereocenters. The second kappa shape index (κ2) is 3.63. The van der Waals surface area contributed by atoms with Gasteiger partial charge in [-0.2, -0.15) is 0 Å². The molecule has 0 bridgehead atoms. The quantitative estimate of drug-likeness (QED) is 0.650. The monoisotopic (exact) mass is 260 g/mol. The Morgan fingerprint density at radius 2 is 2.07 bits per heavy atom. The molecule has 0 aliphatic heterocycles. The molecule has 0 saturated carbocycles. The van der Waals surface area contributed by atoms with Crippen LogP contribution >= 0.6 is 15.9 Å². The first-order valence-electron chi connectivity index (χ1n) is 4.57. The molecule has 0 saturated heterocycles. The maximum absolute atomic E-state index is 6.92. The number of aryl methyl sites for hydroxylation is 1. The molecular formula is C12H9BrN2. The van der Waals surface area contributed by atoms with Gasteiger partial charge in [0, 0.05) is 9.86 Å². The van der Waals surface area contributed by atoms with E-state index in [0.717, 1.165) is 15.4 Å². The molecule has 74 valence electrons. The van der Waals surface area contributed by atoms with Gasteiger partial charge in [0.15, 0.2) is 5.52 Å². The minimum Gasteiger partial charge on any atom is -0.361 e. The van der Waals surface area contributed by atoms with Gasteiger partial charge in [0.25, 0.3) is 5.82 Å². The Labute approximate surface area is 96.9 Å². The Balaban J connectivity index is 2.87. The molecule has 0 aliphatic rings. The molecule has 15 heavy (non-hydrogen) atoms. The van der Waals surface area contributed by atoms with E-state index in [1.165, 1.54) is 11.1 Å². The summed E-state index contributed by atoms with van der Waals surface area (Å²) in [6, 6.07) is 5.70. The van der Waals surface area contributed by atoms with Crippen molar-refractivity contribution in [3.63, 3.8) is 0 Å². The van der Waals surface area contributed by atoms with Crippen LogP contribution in [-0.4, -0.2) is 4.98 Å². The van der Waals surface area contributed by atoms with E-state index in [4.69, 9.17) is 6.57 Å². The van der Waals surface area contributed by atoms with Gasteiger partial charge in [0.05, 0.1) is 0 Å². The molecule has 3 heteroatoms. The number of halogens is 1. The van der Waals surface area contributed by atoms with Gasteiger partial charge in [-0.15, -0.1) is 4.98 Å². The number of hydrogen-bond donors (Lipinski definition) is 0. The Morgan fingerprint density at radius 3 is 2.73 bits per heavy atom. The fraction of sp³-hybridized carbons (Fsp3) is 0.167. The number of pyridine rings is 1. The van der Waals surface area contributed by atoms with Crippen molar-refractivity contribution in [2.45, 2.75) is 13.8 Å². The molecule has 0 fully saturated rings. The molecule has 0 aliphatic carbocycles. The molecule has 0 radical (unpaired) electrons. The fourth-order valence-electron chi connectivity index (χ4n) is 1.51. The average molecular weight is 261 g/mol. The van der Waals surface area contributed by atoms with Gasteiger partial charge in [-0.05, 0) is 53.0 Å². The highest BCUT2D eigenvalue weighted by molar-refractivity contribution is 9.10. The van der Waals surface area contributed by atoms with E-state index >= 15 is 0 Å². The summed E-state index contributed by atoms with van der Waals surface area (Å²) in [7, 11) is 0. The largest absolute Gasteiger partial charge is 0.361 e. The topological polar surface area (TPSA) is 17.2 Å². The standard InChI is InChI=1S/C12H9BrN2/c1-7-6-10-9(12(13)8(7)2)4-5-11(14-3)15-10/h4-6H,1-2H3. The third kappa shape index (κ3) is 1.62.